The second-order valence-electron chi connectivity index (χ2n) is 16.8. The molecule has 6 nitrogen and oxygen atoms in total. The fraction of sp³-hybridized carbons (Fsp3) is 0.226. The number of pyridine rings is 2. The van der Waals surface area contributed by atoms with Crippen molar-refractivity contribution in [3.05, 3.63) is 169 Å². The number of fused-ring (bicyclic) bond motifs is 4. The molecular formula is C53H51N5O. The summed E-state index contributed by atoms with van der Waals surface area (Å²) >= 11 is 0. The third-order valence-corrected chi connectivity index (χ3v) is 10.5. The number of rotatable bonds is 10. The molecule has 0 atom stereocenters. The van der Waals surface area contributed by atoms with Gasteiger partial charge in [0.25, 0.3) is 6.33 Å². The molecule has 0 saturated heterocycles. The van der Waals surface area contributed by atoms with E-state index in [-0.39, 0.29) is 17.3 Å². The fourth-order valence-corrected chi connectivity index (χ4v) is 7.81. The number of benzene rings is 5. The van der Waals surface area contributed by atoms with Crippen LogP contribution in [0, 0.1) is 18.2 Å². The van der Waals surface area contributed by atoms with Gasteiger partial charge in [0, 0.05) is 40.8 Å². The highest BCUT2D eigenvalue weighted by molar-refractivity contribution is 6.10. The zero-order chi connectivity index (χ0) is 44.4. The van der Waals surface area contributed by atoms with Gasteiger partial charge in [0.15, 0.2) is 5.82 Å². The predicted octanol–water partition coefficient (Wildman–Crippen LogP) is 12.7. The predicted molar refractivity (Wildman–Crippen MR) is 241 cm³/mol. The van der Waals surface area contributed by atoms with Gasteiger partial charge < -0.3 is 4.74 Å². The first-order valence-electron chi connectivity index (χ1n) is 22.4. The second-order valence-corrected chi connectivity index (χ2v) is 16.8. The minimum Gasteiger partial charge on any atom is -0.458 e. The number of ether oxygens (including phenoxy) is 1. The van der Waals surface area contributed by atoms with Crippen molar-refractivity contribution < 1.29 is 14.8 Å². The average Bonchev–Trinajstić information content (AvgIpc) is 3.82. The zero-order valence-electron chi connectivity index (χ0n) is 38.7. The molecule has 9 rings (SSSR count). The summed E-state index contributed by atoms with van der Waals surface area (Å²) in [6.07, 6.45) is 3.92. The van der Waals surface area contributed by atoms with Crippen LogP contribution in [-0.4, -0.2) is 19.1 Å². The van der Waals surface area contributed by atoms with E-state index >= 15 is 0 Å². The average molecular weight is 778 g/mol. The third kappa shape index (κ3) is 7.63. The van der Waals surface area contributed by atoms with Crippen LogP contribution in [0.15, 0.2) is 146 Å². The quantitative estimate of drug-likeness (QED) is 0.103. The standard InChI is InChI=1S/C53H51N5O/c1-35(2)26-37-12-11-15-42(28-37)56-34-57(48-21-17-41(31-50(48)56)53(5,6)7)51-33-44(23-25-54-51)59-43-18-19-45-46-30-40(39-13-9-8-10-14-39)16-20-47(46)58(49(45)32-43)52-29-38(22-24-55-52)27-36(3)4/h8-25,28-33,35-36H,26-27H2,1-7H3/i26D2,27D2. The Morgan fingerprint density at radius 1 is 0.627 bits per heavy atom. The van der Waals surface area contributed by atoms with Gasteiger partial charge in [-0.15, -0.1) is 0 Å². The van der Waals surface area contributed by atoms with E-state index in [1.807, 2.05) is 110 Å². The molecule has 5 aromatic carbocycles. The Labute approximate surface area is 353 Å². The van der Waals surface area contributed by atoms with Crippen LogP contribution < -0.4 is 9.30 Å². The van der Waals surface area contributed by atoms with Crippen LogP contribution in [-0.2, 0) is 18.2 Å². The molecule has 0 fully saturated rings. The molecule has 59 heavy (non-hydrogen) atoms. The monoisotopic (exact) mass is 777 g/mol. The first-order chi connectivity index (χ1) is 30.0. The molecule has 0 aliphatic rings. The second kappa shape index (κ2) is 15.3. The summed E-state index contributed by atoms with van der Waals surface area (Å²) < 4.78 is 48.1. The number of hydrogen-bond acceptors (Lipinski definition) is 3. The highest BCUT2D eigenvalue weighted by Gasteiger charge is 2.20. The van der Waals surface area contributed by atoms with E-state index in [0.717, 1.165) is 49.7 Å². The van der Waals surface area contributed by atoms with E-state index < -0.39 is 12.7 Å². The Bertz CT molecular complexity index is 3160. The topological polar surface area (TPSA) is 48.8 Å². The van der Waals surface area contributed by atoms with Gasteiger partial charge in [-0.3, -0.25) is 18.7 Å². The van der Waals surface area contributed by atoms with Crippen molar-refractivity contribution in [3.8, 4) is 39.9 Å². The molecule has 294 valence electrons. The SMILES string of the molecule is [2H]C([2H])(c1cccc(-[n+]2[c-]n(-c3cc(Oc4ccc5c6cc(-c7ccccc7)ccc6n(-c6cc(C([2H])([2H])C(C)C)ccn6)c5c4)ccn3)c3ccc(C(C)(C)C)cc32)c1)C(C)C. The molecule has 4 heterocycles. The molecular weight excluding hydrogens is 723 g/mol. The Hall–Kier alpha value is -6.53. The Kier molecular flexibility index (Phi) is 8.69. The Morgan fingerprint density at radius 3 is 2.14 bits per heavy atom. The third-order valence-electron chi connectivity index (χ3n) is 10.5. The maximum atomic E-state index is 8.89. The van der Waals surface area contributed by atoms with Crippen molar-refractivity contribution in [2.24, 2.45) is 11.8 Å². The summed E-state index contributed by atoms with van der Waals surface area (Å²) in [7, 11) is 0. The van der Waals surface area contributed by atoms with E-state index in [4.69, 9.17) is 20.2 Å². The smallest absolute Gasteiger partial charge is 0.271 e. The van der Waals surface area contributed by atoms with Crippen molar-refractivity contribution in [1.82, 2.24) is 19.1 Å². The van der Waals surface area contributed by atoms with E-state index in [1.54, 1.807) is 18.5 Å². The van der Waals surface area contributed by atoms with Crippen LogP contribution in [0.3, 0.4) is 0 Å². The first-order valence-corrected chi connectivity index (χ1v) is 20.4. The normalized spacial score (nSPS) is 13.6. The lowest BCUT2D eigenvalue weighted by molar-refractivity contribution is -0.572. The summed E-state index contributed by atoms with van der Waals surface area (Å²) in [6.45, 7) is 14.2. The summed E-state index contributed by atoms with van der Waals surface area (Å²) in [6, 6.07) is 44.3. The minimum atomic E-state index is -1.55. The van der Waals surface area contributed by atoms with Crippen LogP contribution in [0.25, 0.3) is 61.3 Å². The number of imidazole rings is 1. The molecule has 4 aromatic heterocycles. The van der Waals surface area contributed by atoms with Crippen LogP contribution in [0.2, 0.25) is 0 Å². The van der Waals surface area contributed by atoms with Crippen molar-refractivity contribution in [1.29, 1.82) is 0 Å². The highest BCUT2D eigenvalue weighted by atomic mass is 16.5. The maximum absolute atomic E-state index is 8.89. The van der Waals surface area contributed by atoms with Gasteiger partial charge >= 0.3 is 0 Å². The van der Waals surface area contributed by atoms with Gasteiger partial charge in [-0.05, 0) is 113 Å². The van der Waals surface area contributed by atoms with Crippen LogP contribution in [0.5, 0.6) is 11.5 Å². The molecule has 9 aromatic rings. The van der Waals surface area contributed by atoms with E-state index in [2.05, 4.69) is 86.3 Å². The van der Waals surface area contributed by atoms with Gasteiger partial charge in [0.05, 0.1) is 27.8 Å². The molecule has 0 saturated carbocycles. The Morgan fingerprint density at radius 2 is 1.36 bits per heavy atom. The number of nitrogens with zero attached hydrogens (tertiary/aromatic N) is 5. The molecule has 0 N–H and O–H groups in total. The lowest BCUT2D eigenvalue weighted by Crippen LogP contribution is -2.30. The molecule has 6 heteroatoms. The molecule has 0 spiro atoms. The van der Waals surface area contributed by atoms with E-state index in [1.165, 1.54) is 5.56 Å². The van der Waals surface area contributed by atoms with Crippen molar-refractivity contribution in [2.75, 3.05) is 0 Å². The summed E-state index contributed by atoms with van der Waals surface area (Å²) in [5, 5.41) is 2.06. The molecule has 0 radical (unpaired) electrons. The molecule has 0 bridgehead atoms. The highest BCUT2D eigenvalue weighted by Crippen LogP contribution is 2.38. The lowest BCUT2D eigenvalue weighted by atomic mass is 9.87. The molecule has 0 aliphatic heterocycles. The van der Waals surface area contributed by atoms with Crippen LogP contribution in [0.1, 0.15) is 70.6 Å². The van der Waals surface area contributed by atoms with Crippen LogP contribution in [0.4, 0.5) is 0 Å². The fourth-order valence-electron chi connectivity index (χ4n) is 7.81. The van der Waals surface area contributed by atoms with Crippen molar-refractivity contribution in [3.63, 3.8) is 0 Å². The number of hydrogen-bond donors (Lipinski definition) is 0. The molecule has 0 aliphatic carbocycles. The minimum absolute atomic E-state index is 0.102. The summed E-state index contributed by atoms with van der Waals surface area (Å²) in [5.41, 5.74) is 8.91. The Balaban J connectivity index is 1.15. The first kappa shape index (κ1) is 33.4. The van der Waals surface area contributed by atoms with E-state index in [0.29, 0.717) is 34.3 Å². The van der Waals surface area contributed by atoms with Gasteiger partial charge in [-0.2, -0.15) is 0 Å². The van der Waals surface area contributed by atoms with E-state index in [9.17, 15) is 0 Å². The summed E-state index contributed by atoms with van der Waals surface area (Å²) in [4.78, 5) is 9.61. The lowest BCUT2D eigenvalue weighted by Gasteiger charge is -2.19. The van der Waals surface area contributed by atoms with Crippen molar-refractivity contribution >= 4 is 32.8 Å². The summed E-state index contributed by atoms with van der Waals surface area (Å²) in [5.74, 6) is 1.99. The van der Waals surface area contributed by atoms with Gasteiger partial charge in [-0.1, -0.05) is 115 Å². The molecule has 0 unspecified atom stereocenters. The van der Waals surface area contributed by atoms with Gasteiger partial charge in [0.2, 0.25) is 0 Å². The van der Waals surface area contributed by atoms with Crippen LogP contribution >= 0.6 is 0 Å². The van der Waals surface area contributed by atoms with Gasteiger partial charge in [-0.25, -0.2) is 4.98 Å². The zero-order valence-corrected chi connectivity index (χ0v) is 34.7. The molecule has 0 amide bonds. The van der Waals surface area contributed by atoms with Gasteiger partial charge in [0.1, 0.15) is 17.3 Å². The van der Waals surface area contributed by atoms with Crippen molar-refractivity contribution in [2.45, 2.75) is 66.6 Å². The maximum Gasteiger partial charge on any atom is 0.271 e. The number of aromatic nitrogens is 5. The largest absolute Gasteiger partial charge is 0.458 e.